The van der Waals surface area contributed by atoms with Crippen molar-refractivity contribution in [3.63, 3.8) is 0 Å². The number of rotatable bonds is 3. The third kappa shape index (κ3) is 2.24. The monoisotopic (exact) mass is 223 g/mol. The van der Waals surface area contributed by atoms with Crippen LogP contribution >= 0.6 is 0 Å². The van der Waals surface area contributed by atoms with E-state index in [1.807, 2.05) is 0 Å². The molecule has 0 radical (unpaired) electrons. The Labute approximate surface area is 94.6 Å². The smallest absolute Gasteiger partial charge is 0.287 e. The van der Waals surface area contributed by atoms with Crippen molar-refractivity contribution in [2.24, 2.45) is 5.73 Å². The Hall–Kier alpha value is -1.36. The van der Waals surface area contributed by atoms with Gasteiger partial charge in [0, 0.05) is 12.0 Å². The first-order valence-electron chi connectivity index (χ1n) is 5.69. The van der Waals surface area contributed by atoms with E-state index in [1.54, 1.807) is 6.07 Å². The maximum absolute atomic E-state index is 10.9. The average molecular weight is 223 g/mol. The molecular weight excluding hydrogens is 206 g/mol. The number of nitrogens with two attached hydrogens (primary N) is 1. The van der Waals surface area contributed by atoms with E-state index in [2.05, 4.69) is 17.0 Å². The summed E-state index contributed by atoms with van der Waals surface area (Å²) in [5.41, 5.74) is 5.98. The molecule has 16 heavy (non-hydrogen) atoms. The summed E-state index contributed by atoms with van der Waals surface area (Å²) in [4.78, 5) is 13.3. The van der Waals surface area contributed by atoms with Crippen LogP contribution in [0.5, 0.6) is 0 Å². The molecule has 2 N–H and O–H groups in total. The van der Waals surface area contributed by atoms with Crippen molar-refractivity contribution in [3.8, 4) is 0 Å². The molecule has 2 rings (SSSR count). The number of aromatic nitrogens is 1. The highest BCUT2D eigenvalue weighted by Crippen LogP contribution is 2.27. The highest BCUT2D eigenvalue weighted by molar-refractivity contribution is 5.89. The van der Waals surface area contributed by atoms with Gasteiger partial charge in [-0.2, -0.15) is 0 Å². The normalized spacial score (nSPS) is 18.8. The summed E-state index contributed by atoms with van der Waals surface area (Å²) in [6.07, 6.45) is 2.14. The fraction of sp³-hybridized carbons (Fsp3) is 0.636. The molecule has 1 aromatic rings. The van der Waals surface area contributed by atoms with Gasteiger partial charge in [-0.05, 0) is 32.5 Å². The number of hydrogen-bond donors (Lipinski definition) is 1. The summed E-state index contributed by atoms with van der Waals surface area (Å²) in [5, 5.41) is 3.92. The number of likely N-dealkylation sites (tertiary alicyclic amines) is 1. The Balaban J connectivity index is 2.00. The Morgan fingerprint density at radius 3 is 2.81 bits per heavy atom. The van der Waals surface area contributed by atoms with Crippen LogP contribution in [0.2, 0.25) is 0 Å². The van der Waals surface area contributed by atoms with E-state index in [9.17, 15) is 4.79 Å². The maximum atomic E-state index is 10.9. The van der Waals surface area contributed by atoms with Gasteiger partial charge in [-0.1, -0.05) is 12.1 Å². The minimum Gasteiger partial charge on any atom is -0.363 e. The summed E-state index contributed by atoms with van der Waals surface area (Å²) in [5.74, 6) is 0.0114. The first-order chi connectivity index (χ1) is 7.70. The predicted octanol–water partition coefficient (Wildman–Crippen LogP) is 0.973. The number of carbonyl (C=O) groups excluding carboxylic acids is 1. The van der Waals surface area contributed by atoms with Gasteiger partial charge in [0.25, 0.3) is 5.91 Å². The lowest BCUT2D eigenvalue weighted by atomic mass is 9.93. The van der Waals surface area contributed by atoms with E-state index in [0.717, 1.165) is 38.2 Å². The SMILES string of the molecule is CCN1CCC(c2cc(C(N)=O)on2)CC1. The van der Waals surface area contributed by atoms with Crippen LogP contribution < -0.4 is 5.73 Å². The minimum absolute atomic E-state index is 0.160. The maximum Gasteiger partial charge on any atom is 0.287 e. The van der Waals surface area contributed by atoms with Crippen molar-refractivity contribution in [1.29, 1.82) is 0 Å². The van der Waals surface area contributed by atoms with Crippen LogP contribution in [0.25, 0.3) is 0 Å². The van der Waals surface area contributed by atoms with Crippen molar-refractivity contribution in [1.82, 2.24) is 10.1 Å². The second kappa shape index (κ2) is 4.65. The molecule has 5 heteroatoms. The van der Waals surface area contributed by atoms with E-state index in [4.69, 9.17) is 10.3 Å². The lowest BCUT2D eigenvalue weighted by Crippen LogP contribution is -2.32. The molecule has 1 aliphatic heterocycles. The molecule has 0 aliphatic carbocycles. The molecule has 88 valence electrons. The van der Waals surface area contributed by atoms with Crippen molar-refractivity contribution in [3.05, 3.63) is 17.5 Å². The first-order valence-corrected chi connectivity index (χ1v) is 5.69. The summed E-state index contributed by atoms with van der Waals surface area (Å²) in [7, 11) is 0. The average Bonchev–Trinajstić information content (AvgIpc) is 2.78. The fourth-order valence-electron chi connectivity index (χ4n) is 2.14. The van der Waals surface area contributed by atoms with Gasteiger partial charge in [0.05, 0.1) is 5.69 Å². The first kappa shape index (κ1) is 11.1. The molecular formula is C11H17N3O2. The van der Waals surface area contributed by atoms with Crippen LogP contribution in [0.4, 0.5) is 0 Å². The largest absolute Gasteiger partial charge is 0.363 e. The predicted molar refractivity (Wildman–Crippen MR) is 59.1 cm³/mol. The number of nitrogens with zero attached hydrogens (tertiary/aromatic N) is 2. The van der Waals surface area contributed by atoms with E-state index in [-0.39, 0.29) is 5.76 Å². The van der Waals surface area contributed by atoms with Crippen LogP contribution in [0, 0.1) is 0 Å². The van der Waals surface area contributed by atoms with E-state index in [1.165, 1.54) is 0 Å². The zero-order valence-electron chi connectivity index (χ0n) is 9.48. The van der Waals surface area contributed by atoms with Gasteiger partial charge >= 0.3 is 0 Å². The van der Waals surface area contributed by atoms with Gasteiger partial charge in [0.2, 0.25) is 5.76 Å². The number of piperidine rings is 1. The van der Waals surface area contributed by atoms with Gasteiger partial charge in [0.15, 0.2) is 0 Å². The van der Waals surface area contributed by atoms with Crippen molar-refractivity contribution >= 4 is 5.91 Å². The quantitative estimate of drug-likeness (QED) is 0.828. The van der Waals surface area contributed by atoms with E-state index >= 15 is 0 Å². The summed E-state index contributed by atoms with van der Waals surface area (Å²) >= 11 is 0. The molecule has 0 atom stereocenters. The molecule has 0 spiro atoms. The Kier molecular flexibility index (Phi) is 3.24. The fourth-order valence-corrected chi connectivity index (χ4v) is 2.14. The topological polar surface area (TPSA) is 72.4 Å². The number of carbonyl (C=O) groups is 1. The molecule has 1 fully saturated rings. The van der Waals surface area contributed by atoms with Crippen LogP contribution in [-0.2, 0) is 0 Å². The second-order valence-corrected chi connectivity index (χ2v) is 4.19. The standard InChI is InChI=1S/C11H17N3O2/c1-2-14-5-3-8(4-6-14)9-7-10(11(12)15)16-13-9/h7-8H,2-6H2,1H3,(H2,12,15). The zero-order valence-corrected chi connectivity index (χ0v) is 9.48. The van der Waals surface area contributed by atoms with Crippen LogP contribution in [0.1, 0.15) is 41.9 Å². The van der Waals surface area contributed by atoms with Gasteiger partial charge in [-0.3, -0.25) is 4.79 Å². The minimum atomic E-state index is -0.551. The Bertz CT molecular complexity index is 367. The van der Waals surface area contributed by atoms with Crippen LogP contribution in [-0.4, -0.2) is 35.6 Å². The van der Waals surface area contributed by atoms with Gasteiger partial charge in [-0.25, -0.2) is 0 Å². The van der Waals surface area contributed by atoms with Crippen molar-refractivity contribution in [2.45, 2.75) is 25.7 Å². The number of primary amides is 1. The van der Waals surface area contributed by atoms with E-state index < -0.39 is 5.91 Å². The zero-order chi connectivity index (χ0) is 11.5. The summed E-state index contributed by atoms with van der Waals surface area (Å²) in [6, 6.07) is 1.68. The van der Waals surface area contributed by atoms with Gasteiger partial charge < -0.3 is 15.2 Å². The van der Waals surface area contributed by atoms with Crippen LogP contribution in [0.15, 0.2) is 10.6 Å². The number of amides is 1. The molecule has 5 nitrogen and oxygen atoms in total. The Morgan fingerprint density at radius 1 is 1.62 bits per heavy atom. The third-order valence-corrected chi connectivity index (χ3v) is 3.22. The molecule has 1 saturated heterocycles. The molecule has 0 aromatic carbocycles. The summed E-state index contributed by atoms with van der Waals surface area (Å²) in [6.45, 7) is 5.43. The summed E-state index contributed by atoms with van der Waals surface area (Å²) < 4.78 is 4.89. The lowest BCUT2D eigenvalue weighted by molar-refractivity contribution is 0.0964. The Morgan fingerprint density at radius 2 is 2.31 bits per heavy atom. The molecule has 0 saturated carbocycles. The van der Waals surface area contributed by atoms with Gasteiger partial charge in [0.1, 0.15) is 0 Å². The van der Waals surface area contributed by atoms with E-state index in [0.29, 0.717) is 5.92 Å². The molecule has 0 unspecified atom stereocenters. The van der Waals surface area contributed by atoms with Crippen LogP contribution in [0.3, 0.4) is 0 Å². The number of hydrogen-bond acceptors (Lipinski definition) is 4. The molecule has 1 amide bonds. The molecule has 0 bridgehead atoms. The molecule has 2 heterocycles. The van der Waals surface area contributed by atoms with Gasteiger partial charge in [-0.15, -0.1) is 0 Å². The highest BCUT2D eigenvalue weighted by Gasteiger charge is 2.23. The second-order valence-electron chi connectivity index (χ2n) is 4.19. The van der Waals surface area contributed by atoms with Crippen molar-refractivity contribution in [2.75, 3.05) is 19.6 Å². The highest BCUT2D eigenvalue weighted by atomic mass is 16.5. The molecule has 1 aliphatic rings. The molecule has 1 aromatic heterocycles. The third-order valence-electron chi connectivity index (χ3n) is 3.22. The van der Waals surface area contributed by atoms with Crippen molar-refractivity contribution < 1.29 is 9.32 Å². The lowest BCUT2D eigenvalue weighted by Gasteiger charge is -2.29.